The van der Waals surface area contributed by atoms with Crippen molar-refractivity contribution in [3.05, 3.63) is 25.7 Å². The van der Waals surface area contributed by atoms with E-state index in [9.17, 15) is 0 Å². The minimum absolute atomic E-state index is 0.371. The minimum atomic E-state index is -2.80. The van der Waals surface area contributed by atoms with Crippen LogP contribution in [0.3, 0.4) is 0 Å². The summed E-state index contributed by atoms with van der Waals surface area (Å²) in [6, 6.07) is 3.30. The topological polar surface area (TPSA) is 27.7 Å². The van der Waals surface area contributed by atoms with Crippen LogP contribution in [-0.4, -0.2) is 13.7 Å². The van der Waals surface area contributed by atoms with Crippen LogP contribution in [0.4, 0.5) is 0 Å². The molecule has 8 heteroatoms. The van der Waals surface area contributed by atoms with Crippen molar-refractivity contribution in [1.82, 2.24) is 0 Å². The van der Waals surface area contributed by atoms with Crippen molar-refractivity contribution in [1.29, 1.82) is 0 Å². The van der Waals surface area contributed by atoms with Crippen molar-refractivity contribution >= 4 is 64.3 Å². The predicted octanol–water partition coefficient (Wildman–Crippen LogP) is 4.88. The summed E-state index contributed by atoms with van der Waals surface area (Å²) in [4.78, 5) is 0. The molecule has 1 aromatic carbocycles. The zero-order valence-electron chi connectivity index (χ0n) is 9.08. The molecule has 0 aliphatic heterocycles. The Bertz CT molecular complexity index is 458. The van der Waals surface area contributed by atoms with E-state index in [-0.39, 0.29) is 0 Å². The molecule has 0 bridgehead atoms. The Labute approximate surface area is 129 Å². The molecule has 0 saturated heterocycles. The molecule has 1 atom stereocenters. The van der Waals surface area contributed by atoms with Crippen molar-refractivity contribution in [3.63, 3.8) is 0 Å². The molecule has 0 aromatic heterocycles. The normalized spacial score (nSPS) is 14.4. The van der Waals surface area contributed by atoms with E-state index in [2.05, 4.69) is 22.6 Å². The third-order valence-corrected chi connectivity index (χ3v) is 5.94. The molecule has 0 radical (unpaired) electrons. The highest BCUT2D eigenvalue weighted by Gasteiger charge is 2.22. The molecule has 96 valence electrons. The first-order valence-corrected chi connectivity index (χ1v) is 8.95. The molecule has 1 rings (SSSR count). The van der Waals surface area contributed by atoms with Crippen LogP contribution in [0.1, 0.15) is 6.92 Å². The Balaban J connectivity index is 3.02. The molecule has 0 fully saturated rings. The summed E-state index contributed by atoms with van der Waals surface area (Å²) < 4.78 is 16.7. The molecule has 0 amide bonds. The Morgan fingerprint density at radius 1 is 1.35 bits per heavy atom. The molecule has 1 aromatic rings. The Morgan fingerprint density at radius 2 is 2.00 bits per heavy atom. The highest BCUT2D eigenvalue weighted by molar-refractivity contribution is 14.1. The molecule has 0 N–H and O–H groups in total. The van der Waals surface area contributed by atoms with E-state index in [0.717, 1.165) is 3.57 Å². The van der Waals surface area contributed by atoms with Gasteiger partial charge in [0.15, 0.2) is 0 Å². The molecule has 0 heterocycles. The molecular formula is C9H10Cl2IO3PS. The van der Waals surface area contributed by atoms with Gasteiger partial charge in [-0.3, -0.25) is 4.52 Å². The third kappa shape index (κ3) is 4.49. The Hall–Kier alpha value is 0.900. The quantitative estimate of drug-likeness (QED) is 0.381. The first-order valence-electron chi connectivity index (χ1n) is 4.56. The number of rotatable bonds is 5. The monoisotopic (exact) mass is 426 g/mol. The second-order valence-corrected chi connectivity index (χ2v) is 7.85. The molecule has 17 heavy (non-hydrogen) atoms. The van der Waals surface area contributed by atoms with Gasteiger partial charge >= 0.3 is 6.72 Å². The molecule has 0 aliphatic carbocycles. The van der Waals surface area contributed by atoms with Crippen molar-refractivity contribution in [2.75, 3.05) is 13.7 Å². The SMILES string of the molecule is CCOP(=S)(OC)Oc1cc(Cl)c(I)cc1Cl. The van der Waals surface area contributed by atoms with Gasteiger partial charge in [0.25, 0.3) is 0 Å². The van der Waals surface area contributed by atoms with E-state index in [1.165, 1.54) is 7.11 Å². The standard InChI is InChI=1S/C9H10Cl2IO3PS/c1-3-14-16(17,13-2)15-9-5-6(10)8(12)4-7(9)11/h4-5H,3H2,1-2H3. The van der Waals surface area contributed by atoms with Crippen LogP contribution in [0.25, 0.3) is 0 Å². The number of hydrogen-bond acceptors (Lipinski definition) is 4. The van der Waals surface area contributed by atoms with Crippen LogP contribution < -0.4 is 4.52 Å². The lowest BCUT2D eigenvalue weighted by atomic mass is 10.3. The maximum atomic E-state index is 6.04. The zero-order valence-corrected chi connectivity index (χ0v) is 14.5. The fraction of sp³-hybridized carbons (Fsp3) is 0.333. The molecule has 0 saturated carbocycles. The molecule has 3 nitrogen and oxygen atoms in total. The summed E-state index contributed by atoms with van der Waals surface area (Å²) in [6.45, 7) is -0.581. The van der Waals surface area contributed by atoms with Crippen LogP contribution in [0.5, 0.6) is 5.75 Å². The molecule has 0 aliphatic rings. The largest absolute Gasteiger partial charge is 0.422 e. The first-order chi connectivity index (χ1) is 7.91. The van der Waals surface area contributed by atoms with E-state index in [1.807, 2.05) is 6.92 Å². The highest BCUT2D eigenvalue weighted by Crippen LogP contribution is 2.51. The van der Waals surface area contributed by atoms with Gasteiger partial charge in [0.2, 0.25) is 0 Å². The number of halogens is 3. The highest BCUT2D eigenvalue weighted by atomic mass is 127. The van der Waals surface area contributed by atoms with E-state index in [4.69, 9.17) is 48.6 Å². The van der Waals surface area contributed by atoms with Crippen molar-refractivity contribution in [3.8, 4) is 5.75 Å². The molecule has 0 spiro atoms. The molecular weight excluding hydrogens is 417 g/mol. The van der Waals surface area contributed by atoms with Crippen molar-refractivity contribution in [2.24, 2.45) is 0 Å². The first kappa shape index (κ1) is 16.0. The fourth-order valence-corrected chi connectivity index (χ4v) is 3.53. The van der Waals surface area contributed by atoms with Gasteiger partial charge in [0, 0.05) is 28.6 Å². The van der Waals surface area contributed by atoms with Crippen molar-refractivity contribution < 1.29 is 13.6 Å². The van der Waals surface area contributed by atoms with Crippen LogP contribution in [0, 0.1) is 3.57 Å². The van der Waals surface area contributed by atoms with E-state index >= 15 is 0 Å². The van der Waals surface area contributed by atoms with Gasteiger partial charge < -0.3 is 9.05 Å². The summed E-state index contributed by atoms with van der Waals surface area (Å²) in [5.74, 6) is 0.371. The van der Waals surface area contributed by atoms with Crippen LogP contribution in [-0.2, 0) is 20.9 Å². The zero-order chi connectivity index (χ0) is 13.1. The van der Waals surface area contributed by atoms with Gasteiger partial charge in [-0.05, 0) is 35.6 Å². The van der Waals surface area contributed by atoms with Gasteiger partial charge in [0.1, 0.15) is 5.75 Å². The van der Waals surface area contributed by atoms with E-state index < -0.39 is 6.72 Å². The van der Waals surface area contributed by atoms with Gasteiger partial charge in [-0.1, -0.05) is 23.2 Å². The molecule has 1 unspecified atom stereocenters. The number of hydrogen-bond donors (Lipinski definition) is 0. The van der Waals surface area contributed by atoms with Gasteiger partial charge in [0.05, 0.1) is 16.7 Å². The lowest BCUT2D eigenvalue weighted by molar-refractivity contribution is 0.242. The summed E-state index contributed by atoms with van der Waals surface area (Å²) in [5, 5.41) is 0.962. The second-order valence-electron chi connectivity index (χ2n) is 2.84. The second kappa shape index (κ2) is 6.89. The maximum Gasteiger partial charge on any atom is 0.380 e. The summed E-state index contributed by atoms with van der Waals surface area (Å²) in [6.07, 6.45) is 0. The van der Waals surface area contributed by atoms with Crippen LogP contribution in [0.15, 0.2) is 12.1 Å². The lowest BCUT2D eigenvalue weighted by Crippen LogP contribution is -2.00. The van der Waals surface area contributed by atoms with Gasteiger partial charge in [-0.2, -0.15) is 0 Å². The van der Waals surface area contributed by atoms with E-state index in [1.54, 1.807) is 12.1 Å². The average Bonchev–Trinajstić information content (AvgIpc) is 2.26. The van der Waals surface area contributed by atoms with E-state index in [0.29, 0.717) is 22.4 Å². The maximum absolute atomic E-state index is 6.04. The van der Waals surface area contributed by atoms with Crippen LogP contribution in [0.2, 0.25) is 10.0 Å². The van der Waals surface area contributed by atoms with Gasteiger partial charge in [-0.15, -0.1) is 0 Å². The number of benzene rings is 1. The lowest BCUT2D eigenvalue weighted by Gasteiger charge is -2.20. The fourth-order valence-electron chi connectivity index (χ4n) is 0.969. The summed E-state index contributed by atoms with van der Waals surface area (Å²) >= 11 is 19.3. The third-order valence-electron chi connectivity index (χ3n) is 1.70. The van der Waals surface area contributed by atoms with Crippen LogP contribution >= 0.6 is 52.5 Å². The van der Waals surface area contributed by atoms with Crippen molar-refractivity contribution in [2.45, 2.75) is 6.92 Å². The Morgan fingerprint density at radius 3 is 2.53 bits per heavy atom. The smallest absolute Gasteiger partial charge is 0.380 e. The summed E-state index contributed by atoms with van der Waals surface area (Å²) in [5.41, 5.74) is 0. The Kier molecular flexibility index (Phi) is 6.47. The summed E-state index contributed by atoms with van der Waals surface area (Å²) in [7, 11) is 1.44. The predicted molar refractivity (Wildman–Crippen MR) is 82.7 cm³/mol. The minimum Gasteiger partial charge on any atom is -0.422 e. The van der Waals surface area contributed by atoms with Gasteiger partial charge in [-0.25, -0.2) is 0 Å². The average molecular weight is 427 g/mol.